The summed E-state index contributed by atoms with van der Waals surface area (Å²) < 4.78 is 1.16. The van der Waals surface area contributed by atoms with Gasteiger partial charge in [-0.15, -0.1) is 0 Å². The number of carbonyl (C=O) groups is 4. The average molecular weight is 732 g/mol. The fraction of sp³-hybridized carbons (Fsp3) is 0.312. The van der Waals surface area contributed by atoms with Crippen LogP contribution in [0.2, 0.25) is 10.0 Å². The molecule has 2 fully saturated rings. The average Bonchev–Trinajstić information content (AvgIpc) is 3.82. The summed E-state index contributed by atoms with van der Waals surface area (Å²) in [6.45, 7) is 7.62. The summed E-state index contributed by atoms with van der Waals surface area (Å²) in [5.41, 5.74) is 13.1. The van der Waals surface area contributed by atoms with E-state index in [1.54, 1.807) is 9.80 Å². The second-order valence-corrected chi connectivity index (χ2v) is 12.4. The van der Waals surface area contributed by atoms with E-state index in [1.807, 2.05) is 48.5 Å². The highest BCUT2D eigenvalue weighted by Gasteiger charge is 2.23. The van der Waals surface area contributed by atoms with Crippen LogP contribution in [0, 0.1) is 0 Å². The highest BCUT2D eigenvalue weighted by molar-refractivity contribution is 6.62. The highest BCUT2D eigenvalue weighted by atomic mass is 35.5. The van der Waals surface area contributed by atoms with Crippen molar-refractivity contribution in [3.8, 4) is 0 Å². The van der Waals surface area contributed by atoms with Crippen LogP contribution < -0.4 is 11.5 Å². The molecule has 2 saturated heterocycles. The van der Waals surface area contributed by atoms with Crippen LogP contribution in [0.5, 0.6) is 0 Å². The van der Waals surface area contributed by atoms with Gasteiger partial charge in [0.1, 0.15) is 0 Å². The maximum Gasteiger partial charge on any atom is 0.344 e. The van der Waals surface area contributed by atoms with Gasteiger partial charge in [-0.1, -0.05) is 47.5 Å². The molecular weight excluding hydrogens is 695 g/mol. The summed E-state index contributed by atoms with van der Waals surface area (Å²) in [4.78, 5) is 52.6. The Bertz CT molecular complexity index is 1670. The molecule has 0 saturated carbocycles. The molecule has 6 rings (SSSR count). The quantitative estimate of drug-likeness (QED) is 0.198. The number of carbonyl (C=O) groups excluding carboxylic acids is 4. The van der Waals surface area contributed by atoms with Crippen LogP contribution in [0.3, 0.4) is 0 Å². The first kappa shape index (κ1) is 37.4. The first-order valence-electron chi connectivity index (χ1n) is 15.3. The summed E-state index contributed by atoms with van der Waals surface area (Å²) in [6, 6.07) is 15.4. The van der Waals surface area contributed by atoms with E-state index in [9.17, 15) is 19.2 Å². The number of halogens is 3. The number of H-pyrrole nitrogens is 1. The maximum atomic E-state index is 12.4. The van der Waals surface area contributed by atoms with Crippen LogP contribution in [-0.2, 0) is 13.1 Å². The van der Waals surface area contributed by atoms with E-state index in [1.165, 1.54) is 35.9 Å². The molecule has 2 aromatic heterocycles. The zero-order valence-electron chi connectivity index (χ0n) is 26.6. The molecule has 17 heteroatoms. The summed E-state index contributed by atoms with van der Waals surface area (Å²) in [6.07, 6.45) is 5.49. The molecule has 0 unspecified atom stereocenters. The third-order valence-corrected chi connectivity index (χ3v) is 8.49. The van der Waals surface area contributed by atoms with E-state index in [-0.39, 0.29) is 17.0 Å². The summed E-state index contributed by atoms with van der Waals surface area (Å²) in [5, 5.41) is 11.0. The lowest BCUT2D eigenvalue weighted by Gasteiger charge is -2.34. The Labute approximate surface area is 298 Å². The monoisotopic (exact) mass is 730 g/mol. The molecule has 4 aromatic rings. The lowest BCUT2D eigenvalue weighted by Crippen LogP contribution is -2.49. The Morgan fingerprint density at radius 3 is 1.51 bits per heavy atom. The molecule has 2 aliphatic heterocycles. The van der Waals surface area contributed by atoms with Crippen molar-refractivity contribution in [3.05, 3.63) is 106 Å². The summed E-state index contributed by atoms with van der Waals surface area (Å²) in [7, 11) is 0. The second kappa shape index (κ2) is 18.3. The van der Waals surface area contributed by atoms with Crippen LogP contribution in [0.15, 0.2) is 73.3 Å². The van der Waals surface area contributed by atoms with Gasteiger partial charge < -0.3 is 21.3 Å². The molecule has 5 N–H and O–H groups in total. The number of nitrogens with two attached hydrogens (primary N) is 2. The van der Waals surface area contributed by atoms with E-state index in [0.717, 1.165) is 54.0 Å². The fourth-order valence-electron chi connectivity index (χ4n) is 4.96. The molecule has 2 aromatic carbocycles. The number of hydrogen-bond acceptors (Lipinski definition) is 8. The zero-order chi connectivity index (χ0) is 35.3. The number of hydrogen-bond donors (Lipinski definition) is 3. The Kier molecular flexibility index (Phi) is 14.0. The molecule has 49 heavy (non-hydrogen) atoms. The van der Waals surface area contributed by atoms with E-state index < -0.39 is 11.8 Å². The minimum absolute atomic E-state index is 0.227. The van der Waals surface area contributed by atoms with Gasteiger partial charge >= 0.3 is 11.4 Å². The van der Waals surface area contributed by atoms with Crippen molar-refractivity contribution >= 4 is 58.0 Å². The van der Waals surface area contributed by atoms with Crippen LogP contribution in [0.1, 0.15) is 31.8 Å². The maximum absolute atomic E-state index is 12.4. The molecule has 0 atom stereocenters. The van der Waals surface area contributed by atoms with Gasteiger partial charge in [0.15, 0.2) is 0 Å². The molecule has 0 aliphatic carbocycles. The third-order valence-electron chi connectivity index (χ3n) is 7.75. The molecule has 4 amide bonds. The number of rotatable bonds is 6. The molecule has 0 radical (unpaired) electrons. The molecular formula is C32H37Cl3N10O4. The molecule has 0 spiro atoms. The van der Waals surface area contributed by atoms with Gasteiger partial charge in [0, 0.05) is 87.9 Å². The van der Waals surface area contributed by atoms with Gasteiger partial charge in [-0.05, 0) is 47.0 Å². The van der Waals surface area contributed by atoms with Crippen LogP contribution in [0.25, 0.3) is 0 Å². The lowest BCUT2D eigenvalue weighted by atomic mass is 10.2. The predicted molar refractivity (Wildman–Crippen MR) is 186 cm³/mol. The number of aromatic nitrogens is 4. The molecule has 2 aliphatic rings. The van der Waals surface area contributed by atoms with Crippen molar-refractivity contribution in [3.63, 3.8) is 0 Å². The molecule has 0 bridgehead atoms. The van der Waals surface area contributed by atoms with Crippen LogP contribution in [-0.4, -0.2) is 115 Å². The van der Waals surface area contributed by atoms with Crippen molar-refractivity contribution in [1.29, 1.82) is 0 Å². The number of benzene rings is 2. The van der Waals surface area contributed by atoms with E-state index in [2.05, 4.69) is 25.1 Å². The van der Waals surface area contributed by atoms with Gasteiger partial charge in [0.2, 0.25) is 0 Å². The second-order valence-electron chi connectivity index (χ2n) is 11.2. The standard InChI is InChI=1S/C16H18ClN5O2.C12H14Cl2N2O.C4H5N3O/c17-14-3-1-12(2-4-14)10-20-5-7-21(8-6-20)16(24)22-11-13(9-19-22)15(18)23;13-11-3-1-10(2-4-11)9-15-5-7-16(8-6-15)12(14)17;5-4(8)3-1-6-7-2-3/h1-4,9,11H,5-8,10H2,(H2,18,23);1-4H,5-9H2;1-2H,(H2,5,8)(H,6,7). The predicted octanol–water partition coefficient (Wildman–Crippen LogP) is 3.75. The minimum Gasteiger partial charge on any atom is -0.366 e. The number of piperazine rings is 2. The molecule has 260 valence electrons. The first-order valence-corrected chi connectivity index (χ1v) is 16.4. The van der Waals surface area contributed by atoms with Crippen molar-refractivity contribution in [2.24, 2.45) is 11.5 Å². The van der Waals surface area contributed by atoms with Gasteiger partial charge in [-0.2, -0.15) is 14.9 Å². The Morgan fingerprint density at radius 2 is 1.14 bits per heavy atom. The fourth-order valence-corrected chi connectivity index (χ4v) is 5.38. The Morgan fingerprint density at radius 1 is 0.673 bits per heavy atom. The van der Waals surface area contributed by atoms with E-state index >= 15 is 0 Å². The van der Waals surface area contributed by atoms with Crippen molar-refractivity contribution in [2.45, 2.75) is 13.1 Å². The zero-order valence-corrected chi connectivity index (χ0v) is 28.8. The minimum atomic E-state index is -0.596. The van der Waals surface area contributed by atoms with Crippen molar-refractivity contribution in [1.82, 2.24) is 39.6 Å². The van der Waals surface area contributed by atoms with E-state index in [0.29, 0.717) is 31.7 Å². The van der Waals surface area contributed by atoms with Crippen LogP contribution in [0.4, 0.5) is 9.59 Å². The Hall–Kier alpha value is -4.47. The number of nitrogens with zero attached hydrogens (tertiary/aromatic N) is 7. The largest absolute Gasteiger partial charge is 0.366 e. The summed E-state index contributed by atoms with van der Waals surface area (Å²) in [5.74, 6) is -1.06. The van der Waals surface area contributed by atoms with Gasteiger partial charge in [0.25, 0.3) is 11.8 Å². The van der Waals surface area contributed by atoms with Gasteiger partial charge in [-0.3, -0.25) is 29.3 Å². The van der Waals surface area contributed by atoms with Crippen LogP contribution >= 0.6 is 34.8 Å². The third kappa shape index (κ3) is 11.9. The van der Waals surface area contributed by atoms with Gasteiger partial charge in [0.05, 0.1) is 23.5 Å². The lowest BCUT2D eigenvalue weighted by molar-refractivity contribution is 0.0991. The SMILES string of the molecule is NC(=O)c1cn[nH]c1.NC(=O)c1cnn(C(=O)N2CCN(Cc3ccc(Cl)cc3)CC2)c1.O=C(Cl)N1CCN(Cc2ccc(Cl)cc2)CC1. The van der Waals surface area contributed by atoms with Gasteiger partial charge in [-0.25, -0.2) is 4.79 Å². The highest BCUT2D eigenvalue weighted by Crippen LogP contribution is 2.15. The first-order chi connectivity index (χ1) is 23.5. The number of primary amides is 2. The Balaban J connectivity index is 0.000000187. The van der Waals surface area contributed by atoms with Crippen molar-refractivity contribution in [2.75, 3.05) is 52.4 Å². The topological polar surface area (TPSA) is 180 Å². The van der Waals surface area contributed by atoms with Crippen molar-refractivity contribution < 1.29 is 19.2 Å². The molecule has 14 nitrogen and oxygen atoms in total. The number of nitrogens with one attached hydrogen (secondary N) is 1. The smallest absolute Gasteiger partial charge is 0.344 e. The number of amides is 4. The molecule has 4 heterocycles. The summed E-state index contributed by atoms with van der Waals surface area (Å²) >= 11 is 17.2. The van der Waals surface area contributed by atoms with E-state index in [4.69, 9.17) is 46.3 Å². The number of aromatic amines is 1. The normalized spacial score (nSPS) is 15.0.